The monoisotopic (exact) mass is 493 g/mol. The van der Waals surface area contributed by atoms with Gasteiger partial charge in [0.25, 0.3) is 10.0 Å². The Balaban J connectivity index is 1.68. The molecule has 6 nitrogen and oxygen atoms in total. The van der Waals surface area contributed by atoms with Gasteiger partial charge in [-0.25, -0.2) is 13.2 Å². The number of rotatable bonds is 7. The highest BCUT2D eigenvalue weighted by atomic mass is 32.2. The van der Waals surface area contributed by atoms with E-state index in [0.29, 0.717) is 16.8 Å². The second-order valence-electron chi connectivity index (χ2n) is 9.71. The molecule has 0 atom stereocenters. The first-order valence-corrected chi connectivity index (χ1v) is 12.8. The van der Waals surface area contributed by atoms with Gasteiger partial charge in [0.1, 0.15) is 0 Å². The molecule has 0 heterocycles. The van der Waals surface area contributed by atoms with Crippen LogP contribution in [0.4, 0.5) is 5.69 Å². The fourth-order valence-corrected chi connectivity index (χ4v) is 4.78. The normalized spacial score (nSPS) is 11.7. The number of hydrogen-bond donors (Lipinski definition) is 1. The van der Waals surface area contributed by atoms with E-state index in [1.54, 1.807) is 31.2 Å². The van der Waals surface area contributed by atoms with Gasteiger partial charge in [0, 0.05) is 11.3 Å². The number of anilines is 1. The predicted octanol–water partition coefficient (Wildman–Crippen LogP) is 5.75. The molecule has 0 spiro atoms. The summed E-state index contributed by atoms with van der Waals surface area (Å²) in [5.74, 6) is -0.955. The van der Waals surface area contributed by atoms with Crippen molar-refractivity contribution in [3.8, 4) is 0 Å². The number of benzene rings is 3. The molecule has 7 heteroatoms. The Hall–Kier alpha value is -3.45. The van der Waals surface area contributed by atoms with Crippen molar-refractivity contribution in [3.63, 3.8) is 0 Å². The topological polar surface area (TPSA) is 89.5 Å². The lowest BCUT2D eigenvalue weighted by Crippen LogP contribution is -2.17. The molecule has 0 unspecified atom stereocenters. The quantitative estimate of drug-likeness (QED) is 0.334. The number of ether oxygens (including phenoxy) is 1. The van der Waals surface area contributed by atoms with Gasteiger partial charge in [0.05, 0.1) is 10.5 Å². The smallest absolute Gasteiger partial charge is 0.338 e. The van der Waals surface area contributed by atoms with Gasteiger partial charge in [0.15, 0.2) is 12.4 Å². The zero-order chi connectivity index (χ0) is 26.0. The van der Waals surface area contributed by atoms with E-state index < -0.39 is 16.0 Å². The van der Waals surface area contributed by atoms with Crippen LogP contribution in [-0.2, 0) is 20.2 Å². The average molecular weight is 494 g/mol. The fraction of sp³-hybridized carbons (Fsp3) is 0.286. The van der Waals surface area contributed by atoms with E-state index in [1.165, 1.54) is 24.3 Å². The van der Waals surface area contributed by atoms with Crippen molar-refractivity contribution in [2.24, 2.45) is 0 Å². The van der Waals surface area contributed by atoms with E-state index in [1.807, 2.05) is 46.8 Å². The third kappa shape index (κ3) is 6.36. The van der Waals surface area contributed by atoms with Crippen LogP contribution in [0.25, 0.3) is 0 Å². The maximum atomic E-state index is 13.0. The lowest BCUT2D eigenvalue weighted by atomic mass is 9.87. The van der Waals surface area contributed by atoms with Crippen LogP contribution in [-0.4, -0.2) is 26.8 Å². The van der Waals surface area contributed by atoms with Crippen LogP contribution >= 0.6 is 0 Å². The first-order valence-electron chi connectivity index (χ1n) is 11.3. The minimum atomic E-state index is -3.83. The Labute approximate surface area is 207 Å². The molecule has 1 N–H and O–H groups in total. The Morgan fingerprint density at radius 1 is 0.800 bits per heavy atom. The number of carbonyl (C=O) groups is 2. The van der Waals surface area contributed by atoms with Crippen LogP contribution in [0.5, 0.6) is 0 Å². The van der Waals surface area contributed by atoms with Crippen molar-refractivity contribution in [1.82, 2.24) is 0 Å². The van der Waals surface area contributed by atoms with E-state index in [4.69, 9.17) is 4.74 Å². The van der Waals surface area contributed by atoms with Crippen molar-refractivity contribution in [2.45, 2.75) is 51.9 Å². The number of esters is 1. The summed E-state index contributed by atoms with van der Waals surface area (Å²) in [5.41, 5.74) is 4.43. The second-order valence-corrected chi connectivity index (χ2v) is 11.4. The molecule has 0 radical (unpaired) electrons. The SMILES string of the molecule is Cc1ccc(C(=O)COC(=O)c2ccc(NS(=O)(=O)c3cc(C(C)(C)C)ccc3C)cc2)cc1C. The minimum absolute atomic E-state index is 0.195. The number of Topliss-reactive ketones (excluding diaryl/α,β-unsaturated/α-hetero) is 1. The molecule has 3 aromatic carbocycles. The summed E-state index contributed by atoms with van der Waals surface area (Å²) in [5, 5.41) is 0. The summed E-state index contributed by atoms with van der Waals surface area (Å²) >= 11 is 0. The number of carbonyl (C=O) groups excluding carboxylic acids is 2. The maximum Gasteiger partial charge on any atom is 0.338 e. The molecule has 35 heavy (non-hydrogen) atoms. The van der Waals surface area contributed by atoms with Crippen LogP contribution < -0.4 is 4.72 Å². The number of aryl methyl sites for hydroxylation is 3. The number of sulfonamides is 1. The van der Waals surface area contributed by atoms with Crippen molar-refractivity contribution < 1.29 is 22.7 Å². The third-order valence-corrected chi connectivity index (χ3v) is 7.40. The van der Waals surface area contributed by atoms with Crippen molar-refractivity contribution >= 4 is 27.5 Å². The lowest BCUT2D eigenvalue weighted by molar-refractivity contribution is 0.0475. The van der Waals surface area contributed by atoms with Gasteiger partial charge in [-0.3, -0.25) is 9.52 Å². The first kappa shape index (κ1) is 26.2. The number of ketones is 1. The van der Waals surface area contributed by atoms with E-state index in [2.05, 4.69) is 4.72 Å². The first-order chi connectivity index (χ1) is 16.3. The fourth-order valence-electron chi connectivity index (χ4n) is 3.45. The molecule has 3 aromatic rings. The van der Waals surface area contributed by atoms with Crippen molar-refractivity contribution in [3.05, 3.63) is 94.0 Å². The van der Waals surface area contributed by atoms with E-state index >= 15 is 0 Å². The molecule has 0 saturated carbocycles. The van der Waals surface area contributed by atoms with Gasteiger partial charge < -0.3 is 4.74 Å². The molecular formula is C28H31NO5S. The van der Waals surface area contributed by atoms with Crippen LogP contribution in [0.3, 0.4) is 0 Å². The highest BCUT2D eigenvalue weighted by Gasteiger charge is 2.22. The predicted molar refractivity (Wildman–Crippen MR) is 138 cm³/mol. The third-order valence-electron chi connectivity index (χ3n) is 5.88. The van der Waals surface area contributed by atoms with Gasteiger partial charge in [0.2, 0.25) is 0 Å². The van der Waals surface area contributed by atoms with E-state index in [-0.39, 0.29) is 28.3 Å². The van der Waals surface area contributed by atoms with Gasteiger partial charge in [-0.15, -0.1) is 0 Å². The minimum Gasteiger partial charge on any atom is -0.454 e. The van der Waals surface area contributed by atoms with E-state index in [0.717, 1.165) is 16.7 Å². The summed E-state index contributed by atoms with van der Waals surface area (Å²) in [7, 11) is -3.83. The van der Waals surface area contributed by atoms with Crippen LogP contribution in [0.15, 0.2) is 65.6 Å². The highest BCUT2D eigenvalue weighted by molar-refractivity contribution is 7.92. The molecule has 0 aliphatic rings. The Bertz CT molecular complexity index is 1370. The summed E-state index contributed by atoms with van der Waals surface area (Å²) in [6.07, 6.45) is 0. The summed E-state index contributed by atoms with van der Waals surface area (Å²) in [4.78, 5) is 24.9. The molecule has 0 aliphatic carbocycles. The summed E-state index contributed by atoms with van der Waals surface area (Å²) < 4.78 is 33.8. The molecular weight excluding hydrogens is 462 g/mol. The van der Waals surface area contributed by atoms with Gasteiger partial charge in [-0.1, -0.05) is 45.0 Å². The standard InChI is InChI=1S/C28H31NO5S/c1-18-7-9-22(15-20(18)3)25(30)17-34-27(31)21-10-13-24(14-11-21)29-35(32,33)26-16-23(28(4,5)6)12-8-19(26)2/h7-16,29H,17H2,1-6H3. The Kier molecular flexibility index (Phi) is 7.50. The van der Waals surface area contributed by atoms with Gasteiger partial charge >= 0.3 is 5.97 Å². The van der Waals surface area contributed by atoms with Crippen molar-refractivity contribution in [2.75, 3.05) is 11.3 Å². The average Bonchev–Trinajstić information content (AvgIpc) is 2.78. The molecule has 0 aliphatic heterocycles. The highest BCUT2D eigenvalue weighted by Crippen LogP contribution is 2.28. The zero-order valence-electron chi connectivity index (χ0n) is 20.9. The Morgan fingerprint density at radius 2 is 1.40 bits per heavy atom. The maximum absolute atomic E-state index is 13.0. The van der Waals surface area contributed by atoms with E-state index in [9.17, 15) is 18.0 Å². The molecule has 0 fully saturated rings. The molecule has 0 amide bonds. The number of hydrogen-bond acceptors (Lipinski definition) is 5. The molecule has 0 saturated heterocycles. The summed E-state index contributed by atoms with van der Waals surface area (Å²) in [6.45, 7) is 11.3. The van der Waals surface area contributed by atoms with Crippen LogP contribution in [0.2, 0.25) is 0 Å². The second kappa shape index (κ2) is 10.0. The van der Waals surface area contributed by atoms with Gasteiger partial charge in [-0.2, -0.15) is 0 Å². The Morgan fingerprint density at radius 3 is 2.00 bits per heavy atom. The summed E-state index contributed by atoms with van der Waals surface area (Å²) in [6, 6.07) is 16.6. The molecule has 3 rings (SSSR count). The van der Waals surface area contributed by atoms with Gasteiger partial charge in [-0.05, 0) is 84.8 Å². The lowest BCUT2D eigenvalue weighted by Gasteiger charge is -2.21. The largest absolute Gasteiger partial charge is 0.454 e. The van der Waals surface area contributed by atoms with Crippen LogP contribution in [0.1, 0.15) is 63.7 Å². The van der Waals surface area contributed by atoms with Crippen LogP contribution in [0, 0.1) is 20.8 Å². The zero-order valence-corrected chi connectivity index (χ0v) is 21.7. The number of nitrogens with one attached hydrogen (secondary N) is 1. The molecule has 184 valence electrons. The molecule has 0 aromatic heterocycles. The molecule has 0 bridgehead atoms. The van der Waals surface area contributed by atoms with Crippen molar-refractivity contribution in [1.29, 1.82) is 0 Å².